The van der Waals surface area contributed by atoms with Gasteiger partial charge in [0.1, 0.15) is 11.5 Å². The van der Waals surface area contributed by atoms with E-state index in [4.69, 9.17) is 24.2 Å². The van der Waals surface area contributed by atoms with Gasteiger partial charge in [-0.25, -0.2) is 9.97 Å². The molecule has 5 atom stereocenters. The largest absolute Gasteiger partial charge is 0.458 e. The normalized spacial score (nSPS) is 19.9. The Balaban J connectivity index is 1.15. The van der Waals surface area contributed by atoms with Gasteiger partial charge in [0.05, 0.1) is 28.9 Å². The molecule has 3 aliphatic heterocycles. The number of amides is 1. The van der Waals surface area contributed by atoms with Gasteiger partial charge >= 0.3 is 11.9 Å². The van der Waals surface area contributed by atoms with Crippen molar-refractivity contribution in [3.05, 3.63) is 75.4 Å². The molecule has 0 spiro atoms. The number of thioether (sulfide) groups is 1. The zero-order valence-electron chi connectivity index (χ0n) is 38.5. The quantitative estimate of drug-likeness (QED) is 0.113. The number of ether oxygens (including phenoxy) is 3. The number of aryl methyl sites for hydroxylation is 3. The average Bonchev–Trinajstić information content (AvgIpc) is 3.93. The highest BCUT2D eigenvalue weighted by Gasteiger charge is 2.47. The summed E-state index contributed by atoms with van der Waals surface area (Å²) in [4.78, 5) is 57.1. The lowest BCUT2D eigenvalue weighted by Crippen LogP contribution is -2.55. The molecular formula is C50H65N5O6S. The molecule has 1 saturated heterocycles. The number of fused-ring (bicyclic) bond motifs is 8. The Hall–Kier alpha value is -4.94. The Morgan fingerprint density at radius 1 is 0.871 bits per heavy atom. The van der Waals surface area contributed by atoms with Gasteiger partial charge in [-0.2, -0.15) is 0 Å². The number of hydrogen-bond acceptors (Lipinski definition) is 9. The zero-order chi connectivity index (χ0) is 45.0. The van der Waals surface area contributed by atoms with E-state index in [-0.39, 0.29) is 23.4 Å². The molecule has 3 aromatic rings. The highest BCUT2D eigenvalue weighted by molar-refractivity contribution is 7.99. The number of nitrogens with one attached hydrogen (secondary N) is 2. The molecule has 62 heavy (non-hydrogen) atoms. The number of allylic oxidation sites excluding steroid dienone is 3. The molecule has 1 amide bonds. The third-order valence-corrected chi connectivity index (χ3v) is 14.1. The average molecular weight is 864 g/mol. The summed E-state index contributed by atoms with van der Waals surface area (Å²) in [6, 6.07) is 6.47. The van der Waals surface area contributed by atoms with Crippen LogP contribution in [0.4, 0.5) is 0 Å². The van der Waals surface area contributed by atoms with Crippen molar-refractivity contribution in [3.63, 3.8) is 0 Å². The van der Waals surface area contributed by atoms with Gasteiger partial charge in [0.2, 0.25) is 5.91 Å². The molecule has 0 radical (unpaired) electrons. The molecular weight excluding hydrogens is 799 g/mol. The van der Waals surface area contributed by atoms with Crippen molar-refractivity contribution in [3.8, 4) is 0 Å². The number of aromatic nitrogens is 4. The molecule has 3 aliphatic rings. The van der Waals surface area contributed by atoms with E-state index in [0.29, 0.717) is 25.8 Å². The van der Waals surface area contributed by atoms with E-state index in [9.17, 15) is 14.4 Å². The van der Waals surface area contributed by atoms with Gasteiger partial charge in [-0.05, 0) is 130 Å². The summed E-state index contributed by atoms with van der Waals surface area (Å²) >= 11 is 1.70. The van der Waals surface area contributed by atoms with Crippen molar-refractivity contribution in [2.24, 2.45) is 5.92 Å². The number of nitrogens with zero attached hydrogens (tertiary/aromatic N) is 3. The lowest BCUT2D eigenvalue weighted by molar-refractivity contribution is -0.210. The molecule has 0 aromatic carbocycles. The van der Waals surface area contributed by atoms with E-state index in [2.05, 4.69) is 82.4 Å². The Morgan fingerprint density at radius 2 is 1.55 bits per heavy atom. The second-order valence-corrected chi connectivity index (χ2v) is 18.2. The number of esters is 2. The minimum absolute atomic E-state index is 0.101. The predicted octanol–water partition coefficient (Wildman–Crippen LogP) is 10.7. The van der Waals surface area contributed by atoms with E-state index in [1.165, 1.54) is 25.0 Å². The molecule has 8 bridgehead atoms. The summed E-state index contributed by atoms with van der Waals surface area (Å²) < 4.78 is 17.6. The van der Waals surface area contributed by atoms with Gasteiger partial charge in [-0.1, -0.05) is 39.8 Å². The van der Waals surface area contributed by atoms with Crippen molar-refractivity contribution >= 4 is 80.5 Å². The molecule has 6 rings (SSSR count). The molecule has 11 nitrogen and oxygen atoms in total. The fourth-order valence-corrected chi connectivity index (χ4v) is 10.3. The smallest absolute Gasteiger partial charge is 0.303 e. The van der Waals surface area contributed by atoms with Crippen LogP contribution in [0, 0.1) is 26.7 Å². The Kier molecular flexibility index (Phi) is 15.1. The van der Waals surface area contributed by atoms with E-state index < -0.39 is 24.1 Å². The maximum atomic E-state index is 13.7. The fraction of sp³-hybridized carbons (Fsp3) is 0.500. The SMILES string of the molecule is C=Cc1c(C)c2cc3nc(c(C)c4nc(cc5[nH]c(cc1[nH]2)c(C)c5CC)C(C)=C4)C(CCC(=O)N(C)CCCCCS[C@@H]1O[C@H](CC)[C@@H](OC(C)=O)[C@H](OC(C)=O)[C@H]1C)=C3C. The van der Waals surface area contributed by atoms with Gasteiger partial charge in [0.25, 0.3) is 0 Å². The number of unbranched alkanes of at least 4 members (excludes halogenated alkanes) is 2. The van der Waals surface area contributed by atoms with Crippen molar-refractivity contribution in [2.45, 2.75) is 138 Å². The van der Waals surface area contributed by atoms with Crippen molar-refractivity contribution in [1.82, 2.24) is 24.8 Å². The molecule has 3 aromatic heterocycles. The van der Waals surface area contributed by atoms with Crippen LogP contribution in [0.2, 0.25) is 0 Å². The summed E-state index contributed by atoms with van der Waals surface area (Å²) in [5, 5.41) is 0. The molecule has 2 N–H and O–H groups in total. The lowest BCUT2D eigenvalue weighted by atomic mass is 9.92. The van der Waals surface area contributed by atoms with Gasteiger partial charge in [0.15, 0.2) is 6.10 Å². The number of carbonyl (C=O) groups is 3. The highest BCUT2D eigenvalue weighted by Crippen LogP contribution is 2.39. The van der Waals surface area contributed by atoms with Crippen molar-refractivity contribution in [2.75, 3.05) is 19.3 Å². The number of H-pyrrole nitrogens is 2. The van der Waals surface area contributed by atoms with Gasteiger partial charge in [-0.15, -0.1) is 11.8 Å². The molecule has 12 heteroatoms. The topological polar surface area (TPSA) is 140 Å². The minimum Gasteiger partial charge on any atom is -0.458 e. The number of hydrogen-bond donors (Lipinski definition) is 2. The number of rotatable bonds is 15. The van der Waals surface area contributed by atoms with Crippen LogP contribution in [0.5, 0.6) is 0 Å². The first kappa shape index (κ1) is 46.6. The lowest BCUT2D eigenvalue weighted by Gasteiger charge is -2.44. The van der Waals surface area contributed by atoms with Gasteiger partial charge in [-0.3, -0.25) is 14.4 Å². The van der Waals surface area contributed by atoms with E-state index in [1.54, 1.807) is 11.8 Å². The van der Waals surface area contributed by atoms with Crippen molar-refractivity contribution < 1.29 is 28.6 Å². The Labute approximate surface area is 371 Å². The first-order valence-electron chi connectivity index (χ1n) is 22.2. The summed E-state index contributed by atoms with van der Waals surface area (Å²) in [6.45, 7) is 24.3. The standard InChI is InChI=1S/C50H65N5O6S/c1-13-35-29(6)41-26-44-36(14-2)28(5)40(52-44)25-42-30(7)37(47(54-42)31(8)39-23-27(4)38(51-39)24-43(35)53-41)19-20-46(58)55(12)21-17-16-18-22-62-50-32(9)48(59-33(10)56)49(60-34(11)57)45(15-3)61-50/h14,23-26,32,45,48-50,52-53H,2,13,15-22H2,1,3-12H3/t32-,45-,48-,49-,50+/m1/s1. The molecule has 1 fully saturated rings. The van der Waals surface area contributed by atoms with Gasteiger partial charge < -0.3 is 29.1 Å². The monoisotopic (exact) mass is 863 g/mol. The predicted molar refractivity (Wildman–Crippen MR) is 253 cm³/mol. The first-order chi connectivity index (χ1) is 29.6. The highest BCUT2D eigenvalue weighted by atomic mass is 32.2. The second kappa shape index (κ2) is 20.1. The molecule has 6 heterocycles. The zero-order valence-corrected chi connectivity index (χ0v) is 39.4. The van der Waals surface area contributed by atoms with Crippen LogP contribution >= 0.6 is 11.8 Å². The number of carbonyl (C=O) groups excluding carboxylic acids is 3. The molecule has 0 unspecified atom stereocenters. The fourth-order valence-electron chi connectivity index (χ4n) is 8.98. The summed E-state index contributed by atoms with van der Waals surface area (Å²) in [7, 11) is 1.89. The van der Waals surface area contributed by atoms with Crippen LogP contribution in [0.15, 0.2) is 24.8 Å². The van der Waals surface area contributed by atoms with Gasteiger partial charge in [0, 0.05) is 73.0 Å². The van der Waals surface area contributed by atoms with Crippen molar-refractivity contribution in [1.29, 1.82) is 0 Å². The summed E-state index contributed by atoms with van der Waals surface area (Å²) in [5.41, 5.74) is 16.3. The van der Waals surface area contributed by atoms with E-state index in [1.807, 2.05) is 31.9 Å². The van der Waals surface area contributed by atoms with Crippen LogP contribution in [0.3, 0.4) is 0 Å². The van der Waals surface area contributed by atoms with E-state index in [0.717, 1.165) is 110 Å². The maximum Gasteiger partial charge on any atom is 0.303 e. The van der Waals surface area contributed by atoms with Crippen LogP contribution in [0.1, 0.15) is 138 Å². The molecule has 332 valence electrons. The summed E-state index contributed by atoms with van der Waals surface area (Å²) in [6.07, 6.45) is 7.75. The van der Waals surface area contributed by atoms with Crippen LogP contribution in [-0.4, -0.2) is 85.8 Å². The Morgan fingerprint density at radius 3 is 2.23 bits per heavy atom. The maximum absolute atomic E-state index is 13.7. The summed E-state index contributed by atoms with van der Waals surface area (Å²) in [5.74, 6) is -0.0200. The number of aromatic amines is 2. The van der Waals surface area contributed by atoms with E-state index >= 15 is 0 Å². The molecule has 0 saturated carbocycles. The second-order valence-electron chi connectivity index (χ2n) is 17.0. The minimum atomic E-state index is -0.632. The third-order valence-electron chi connectivity index (χ3n) is 12.7. The van der Waals surface area contributed by atoms with Crippen LogP contribution < -0.4 is 0 Å². The first-order valence-corrected chi connectivity index (χ1v) is 23.2. The molecule has 0 aliphatic carbocycles. The van der Waals surface area contributed by atoms with Crippen LogP contribution in [-0.2, 0) is 35.0 Å². The third kappa shape index (κ3) is 9.97. The van der Waals surface area contributed by atoms with Crippen LogP contribution in [0.25, 0.3) is 50.9 Å². The Bertz CT molecular complexity index is 2460.